The Morgan fingerprint density at radius 3 is 2.73 bits per heavy atom. The van der Waals surface area contributed by atoms with E-state index in [9.17, 15) is 4.79 Å². The molecule has 1 fully saturated rings. The van der Waals surface area contributed by atoms with Gasteiger partial charge in [0.2, 0.25) is 0 Å². The molecule has 0 spiro atoms. The smallest absolute Gasteiger partial charge is 0.146 e. The van der Waals surface area contributed by atoms with Crippen LogP contribution in [-0.2, 0) is 4.79 Å². The van der Waals surface area contributed by atoms with Gasteiger partial charge in [0, 0.05) is 42.4 Å². The first kappa shape index (κ1) is 21.0. The molecule has 2 aliphatic heterocycles. The number of rotatable bonds is 6. The number of nitrogens with one attached hydrogen (secondary N) is 2. The van der Waals surface area contributed by atoms with Gasteiger partial charge in [0.15, 0.2) is 0 Å². The lowest BCUT2D eigenvalue weighted by Gasteiger charge is -2.29. The molecule has 0 bridgehead atoms. The first-order valence-electron chi connectivity index (χ1n) is 11.3. The molecular weight excluding hydrogens is 414 g/mol. The molecule has 3 aromatic rings. The number of hydrogen-bond donors (Lipinski definition) is 2. The van der Waals surface area contributed by atoms with E-state index in [-0.39, 0.29) is 0 Å². The highest BCUT2D eigenvalue weighted by molar-refractivity contribution is 5.81. The maximum atomic E-state index is 11.8. The second-order valence-electron chi connectivity index (χ2n) is 8.27. The van der Waals surface area contributed by atoms with Crippen LogP contribution in [0.2, 0.25) is 0 Å². The van der Waals surface area contributed by atoms with Crippen LogP contribution in [0.3, 0.4) is 0 Å². The van der Waals surface area contributed by atoms with Gasteiger partial charge in [0.25, 0.3) is 0 Å². The van der Waals surface area contributed by atoms with Crippen molar-refractivity contribution in [3.8, 4) is 17.0 Å². The Balaban J connectivity index is 1.53. The Morgan fingerprint density at radius 1 is 1.15 bits per heavy atom. The number of fused-ring (bicyclic) bond motifs is 1. The van der Waals surface area contributed by atoms with Crippen molar-refractivity contribution in [2.24, 2.45) is 0 Å². The summed E-state index contributed by atoms with van der Waals surface area (Å²) in [5.41, 5.74) is 5.41. The van der Waals surface area contributed by atoms with Gasteiger partial charge in [-0.25, -0.2) is 4.98 Å². The molecule has 1 unspecified atom stereocenters. The minimum Gasteiger partial charge on any atom is -0.496 e. The number of nitrogens with zero attached hydrogens (tertiary/aromatic N) is 3. The molecule has 1 atom stereocenters. The van der Waals surface area contributed by atoms with E-state index in [0.29, 0.717) is 11.6 Å². The number of pyridine rings is 2. The maximum Gasteiger partial charge on any atom is 0.146 e. The number of ether oxygens (including phenoxy) is 1. The summed E-state index contributed by atoms with van der Waals surface area (Å²) in [6, 6.07) is 11.7. The van der Waals surface area contributed by atoms with E-state index in [0.717, 1.165) is 47.4 Å². The Bertz CT molecular complexity index is 1170. The van der Waals surface area contributed by atoms with Gasteiger partial charge in [-0.1, -0.05) is 0 Å². The Morgan fingerprint density at radius 2 is 1.97 bits per heavy atom. The highest BCUT2D eigenvalue weighted by Crippen LogP contribution is 2.36. The molecule has 4 heterocycles. The molecule has 0 radical (unpaired) electrons. The van der Waals surface area contributed by atoms with E-state index in [4.69, 9.17) is 9.72 Å². The lowest BCUT2D eigenvalue weighted by atomic mass is 9.97. The molecule has 1 aromatic carbocycles. The minimum absolute atomic E-state index is 0.475. The molecule has 0 saturated carbocycles. The summed E-state index contributed by atoms with van der Waals surface area (Å²) in [6.07, 6.45) is 11.9. The maximum absolute atomic E-state index is 11.8. The van der Waals surface area contributed by atoms with Crippen LogP contribution in [0.5, 0.6) is 5.75 Å². The molecule has 7 nitrogen and oxygen atoms in total. The van der Waals surface area contributed by atoms with E-state index in [1.165, 1.54) is 24.9 Å². The average Bonchev–Trinajstić information content (AvgIpc) is 2.89. The molecule has 2 aromatic heterocycles. The number of benzene rings is 1. The number of carbonyl (C=O) groups excluding carboxylic acids is 1. The number of piperidine rings is 1. The van der Waals surface area contributed by atoms with Crippen LogP contribution in [0.4, 0.5) is 17.2 Å². The standard InChI is InChI=1S/C26H27N5O2/c1-33-24-10-11-27-16-21(24)22-15-18-9-12-28-23(17-32)25(18)26(30-22)29-19-5-7-20(8-6-19)31-13-3-2-4-14-31/h5-12,15-17,23,28H,2-4,13-14H2,1H3,(H,29,30). The van der Waals surface area contributed by atoms with Crippen LogP contribution in [0.1, 0.15) is 36.4 Å². The second kappa shape index (κ2) is 9.32. The van der Waals surface area contributed by atoms with Crippen LogP contribution < -0.4 is 20.3 Å². The molecule has 5 rings (SSSR count). The van der Waals surface area contributed by atoms with Crippen molar-refractivity contribution in [1.29, 1.82) is 0 Å². The zero-order valence-electron chi connectivity index (χ0n) is 18.6. The first-order valence-corrected chi connectivity index (χ1v) is 11.3. The molecule has 0 aliphatic carbocycles. The fourth-order valence-corrected chi connectivity index (χ4v) is 4.50. The van der Waals surface area contributed by atoms with Crippen molar-refractivity contribution in [2.45, 2.75) is 25.3 Å². The Labute approximate surface area is 193 Å². The van der Waals surface area contributed by atoms with Crippen LogP contribution in [-0.4, -0.2) is 36.5 Å². The van der Waals surface area contributed by atoms with E-state index in [1.807, 2.05) is 18.2 Å². The van der Waals surface area contributed by atoms with Crippen LogP contribution in [0.15, 0.2) is 55.0 Å². The third-order valence-corrected chi connectivity index (χ3v) is 6.20. The third-order valence-electron chi connectivity index (χ3n) is 6.20. The van der Waals surface area contributed by atoms with Gasteiger partial charge in [-0.05, 0) is 73.5 Å². The summed E-state index contributed by atoms with van der Waals surface area (Å²) in [5, 5.41) is 6.56. The lowest BCUT2D eigenvalue weighted by Crippen LogP contribution is -2.29. The van der Waals surface area contributed by atoms with Crippen molar-refractivity contribution in [1.82, 2.24) is 15.3 Å². The summed E-state index contributed by atoms with van der Waals surface area (Å²) in [7, 11) is 1.63. The normalized spacial score (nSPS) is 17.1. The van der Waals surface area contributed by atoms with E-state index >= 15 is 0 Å². The number of hydrogen-bond acceptors (Lipinski definition) is 7. The van der Waals surface area contributed by atoms with Gasteiger partial charge < -0.3 is 25.1 Å². The van der Waals surface area contributed by atoms with Gasteiger partial charge in [-0.2, -0.15) is 0 Å². The highest BCUT2D eigenvalue weighted by Gasteiger charge is 2.23. The van der Waals surface area contributed by atoms with E-state index in [2.05, 4.69) is 44.8 Å². The summed E-state index contributed by atoms with van der Waals surface area (Å²) >= 11 is 0. The minimum atomic E-state index is -0.475. The van der Waals surface area contributed by atoms with Gasteiger partial charge in [-0.3, -0.25) is 4.98 Å². The summed E-state index contributed by atoms with van der Waals surface area (Å²) < 4.78 is 5.52. The van der Waals surface area contributed by atoms with E-state index in [1.54, 1.807) is 25.7 Å². The molecule has 168 valence electrons. The van der Waals surface area contributed by atoms with Gasteiger partial charge in [-0.15, -0.1) is 0 Å². The predicted octanol–water partition coefficient (Wildman–Crippen LogP) is 4.70. The fraction of sp³-hybridized carbons (Fsp3) is 0.269. The topological polar surface area (TPSA) is 79.4 Å². The molecular formula is C26H27N5O2. The SMILES string of the molecule is COc1ccncc1-c1cc2c(c(Nc3ccc(N4CCCCC4)cc3)n1)C(C=O)NC=C2. The van der Waals surface area contributed by atoms with Crippen molar-refractivity contribution in [3.63, 3.8) is 0 Å². The van der Waals surface area contributed by atoms with Crippen LogP contribution in [0, 0.1) is 0 Å². The number of carbonyl (C=O) groups is 1. The molecule has 33 heavy (non-hydrogen) atoms. The molecule has 0 amide bonds. The van der Waals surface area contributed by atoms with Crippen molar-refractivity contribution >= 4 is 29.6 Å². The largest absolute Gasteiger partial charge is 0.496 e. The lowest BCUT2D eigenvalue weighted by molar-refractivity contribution is -0.109. The molecule has 1 saturated heterocycles. The molecule has 2 N–H and O–H groups in total. The van der Waals surface area contributed by atoms with E-state index < -0.39 is 6.04 Å². The zero-order valence-corrected chi connectivity index (χ0v) is 18.6. The van der Waals surface area contributed by atoms with Gasteiger partial charge in [0.1, 0.15) is 23.9 Å². The Hall–Kier alpha value is -3.87. The summed E-state index contributed by atoms with van der Waals surface area (Å²) in [5.74, 6) is 1.33. The zero-order chi connectivity index (χ0) is 22.6. The van der Waals surface area contributed by atoms with Gasteiger partial charge in [0.05, 0.1) is 18.4 Å². The quantitative estimate of drug-likeness (QED) is 0.537. The third kappa shape index (κ3) is 4.26. The van der Waals surface area contributed by atoms with Crippen LogP contribution >= 0.6 is 0 Å². The first-order chi connectivity index (χ1) is 16.3. The van der Waals surface area contributed by atoms with Crippen LogP contribution in [0.25, 0.3) is 17.3 Å². The van der Waals surface area contributed by atoms with Crippen molar-refractivity contribution in [2.75, 3.05) is 30.4 Å². The molecule has 7 heteroatoms. The summed E-state index contributed by atoms with van der Waals surface area (Å²) in [4.78, 5) is 23.4. The average molecular weight is 442 g/mol. The van der Waals surface area contributed by atoms with Crippen molar-refractivity contribution in [3.05, 3.63) is 66.1 Å². The highest BCUT2D eigenvalue weighted by atomic mass is 16.5. The number of methoxy groups -OCH3 is 1. The fourth-order valence-electron chi connectivity index (χ4n) is 4.50. The van der Waals surface area contributed by atoms with Gasteiger partial charge >= 0.3 is 0 Å². The number of aromatic nitrogens is 2. The monoisotopic (exact) mass is 441 g/mol. The number of anilines is 3. The second-order valence-corrected chi connectivity index (χ2v) is 8.27. The van der Waals surface area contributed by atoms with Crippen molar-refractivity contribution < 1.29 is 9.53 Å². The number of aldehydes is 1. The Kier molecular flexibility index (Phi) is 5.93. The predicted molar refractivity (Wildman–Crippen MR) is 131 cm³/mol. The molecule has 2 aliphatic rings. The summed E-state index contributed by atoms with van der Waals surface area (Å²) in [6.45, 7) is 2.21.